The Morgan fingerprint density at radius 2 is 1.86 bits per heavy atom. The maximum absolute atomic E-state index is 12.2. The average molecular weight is 380 g/mol. The van der Waals surface area contributed by atoms with Gasteiger partial charge in [0.05, 0.1) is 0 Å². The molecule has 148 valence electrons. The van der Waals surface area contributed by atoms with Crippen molar-refractivity contribution in [2.45, 2.75) is 44.6 Å². The molecule has 6 rings (SSSR count). The number of rotatable bonds is 4. The molecule has 4 fully saturated rings. The van der Waals surface area contributed by atoms with E-state index >= 15 is 0 Å². The van der Waals surface area contributed by atoms with Crippen LogP contribution in [0.5, 0.6) is 0 Å². The van der Waals surface area contributed by atoms with E-state index in [1.54, 1.807) is 0 Å². The van der Waals surface area contributed by atoms with Crippen LogP contribution in [0.2, 0.25) is 0 Å². The molecule has 0 aliphatic carbocycles. The number of amides is 1. The first-order chi connectivity index (χ1) is 13.6. The van der Waals surface area contributed by atoms with Crippen LogP contribution >= 0.6 is 0 Å². The van der Waals surface area contributed by atoms with Crippen LogP contribution in [-0.2, 0) is 0 Å². The number of primary amides is 1. The summed E-state index contributed by atoms with van der Waals surface area (Å²) in [5.74, 6) is 1.59. The lowest BCUT2D eigenvalue weighted by Crippen LogP contribution is -2.52. The van der Waals surface area contributed by atoms with Crippen LogP contribution in [0.4, 0.5) is 5.69 Å². The van der Waals surface area contributed by atoms with Crippen LogP contribution in [0.15, 0.2) is 34.7 Å². The van der Waals surface area contributed by atoms with Crippen molar-refractivity contribution in [2.24, 2.45) is 11.7 Å². The first kappa shape index (κ1) is 17.8. The number of hydrogen-bond acceptors (Lipinski definition) is 4. The number of hydrogen-bond donors (Lipinski definition) is 1. The molecule has 2 aromatic rings. The number of fused-ring (bicyclic) bond motifs is 3. The highest BCUT2D eigenvalue weighted by atomic mass is 16.4. The van der Waals surface area contributed by atoms with Crippen molar-refractivity contribution in [1.82, 2.24) is 4.90 Å². The standard InChI is InChI=1S/C23H29N3O2/c1-15-21(16-7-11-25(15)12-8-16)19-14-20(28-22(19)23(24)27)17-5-4-6-18(13-17)26-9-2-3-10-26/h4-6,13-16,21H,2-3,7-12H2,1H3,(H2,24,27)/t15-,21+/m0/s1. The van der Waals surface area contributed by atoms with E-state index in [0.29, 0.717) is 23.6 Å². The number of anilines is 1. The highest BCUT2D eigenvalue weighted by molar-refractivity contribution is 5.92. The Bertz CT molecular complexity index is 874. The Labute approximate surface area is 166 Å². The van der Waals surface area contributed by atoms with Crippen molar-refractivity contribution >= 4 is 11.6 Å². The summed E-state index contributed by atoms with van der Waals surface area (Å²) < 4.78 is 6.08. The summed E-state index contributed by atoms with van der Waals surface area (Å²) in [6.07, 6.45) is 4.88. The number of piperidine rings is 3. The van der Waals surface area contributed by atoms with Crippen molar-refractivity contribution in [1.29, 1.82) is 0 Å². The third-order valence-corrected chi connectivity index (χ3v) is 7.12. The van der Waals surface area contributed by atoms with Crippen LogP contribution in [0.1, 0.15) is 54.6 Å². The van der Waals surface area contributed by atoms with Gasteiger partial charge in [-0.1, -0.05) is 12.1 Å². The molecule has 5 heterocycles. The molecule has 0 saturated carbocycles. The maximum Gasteiger partial charge on any atom is 0.284 e. The van der Waals surface area contributed by atoms with Crippen LogP contribution in [-0.4, -0.2) is 43.0 Å². The van der Waals surface area contributed by atoms with Gasteiger partial charge in [0.25, 0.3) is 5.91 Å². The fraction of sp³-hybridized carbons (Fsp3) is 0.522. The smallest absolute Gasteiger partial charge is 0.284 e. The predicted molar refractivity (Wildman–Crippen MR) is 111 cm³/mol. The minimum Gasteiger partial charge on any atom is -0.451 e. The molecule has 4 saturated heterocycles. The number of nitrogens with two attached hydrogens (primary N) is 1. The van der Waals surface area contributed by atoms with E-state index in [-0.39, 0.29) is 0 Å². The minimum atomic E-state index is -0.458. The molecule has 4 aliphatic rings. The zero-order chi connectivity index (χ0) is 19.3. The second-order valence-electron chi connectivity index (χ2n) is 8.64. The average Bonchev–Trinajstić information content (AvgIpc) is 3.39. The van der Waals surface area contributed by atoms with E-state index in [2.05, 4.69) is 47.1 Å². The lowest BCUT2D eigenvalue weighted by molar-refractivity contribution is 0.0343. The van der Waals surface area contributed by atoms with Crippen LogP contribution in [0.25, 0.3) is 11.3 Å². The summed E-state index contributed by atoms with van der Waals surface area (Å²) in [4.78, 5) is 17.2. The largest absolute Gasteiger partial charge is 0.451 e. The Morgan fingerprint density at radius 1 is 1.11 bits per heavy atom. The molecule has 2 N–H and O–H groups in total. The summed E-state index contributed by atoms with van der Waals surface area (Å²) in [5, 5.41) is 0. The zero-order valence-electron chi connectivity index (χ0n) is 16.6. The normalized spacial score (nSPS) is 29.4. The summed E-state index contributed by atoms with van der Waals surface area (Å²) in [7, 11) is 0. The molecule has 1 aromatic carbocycles. The van der Waals surface area contributed by atoms with E-state index < -0.39 is 5.91 Å². The second-order valence-corrected chi connectivity index (χ2v) is 8.64. The molecule has 2 bridgehead atoms. The van der Waals surface area contributed by atoms with Gasteiger partial charge >= 0.3 is 0 Å². The number of carbonyl (C=O) groups excluding carboxylic acids is 1. The van der Waals surface area contributed by atoms with E-state index in [1.807, 2.05) is 0 Å². The van der Waals surface area contributed by atoms with E-state index in [0.717, 1.165) is 43.1 Å². The van der Waals surface area contributed by atoms with Crippen molar-refractivity contribution < 1.29 is 9.21 Å². The van der Waals surface area contributed by atoms with E-state index in [4.69, 9.17) is 10.2 Å². The Kier molecular flexibility index (Phi) is 4.43. The zero-order valence-corrected chi connectivity index (χ0v) is 16.6. The molecule has 0 radical (unpaired) electrons. The second kappa shape index (κ2) is 6.96. The van der Waals surface area contributed by atoms with Crippen LogP contribution < -0.4 is 10.6 Å². The van der Waals surface area contributed by atoms with Gasteiger partial charge in [0.15, 0.2) is 5.76 Å². The van der Waals surface area contributed by atoms with E-state index in [1.165, 1.54) is 31.4 Å². The Morgan fingerprint density at radius 3 is 2.54 bits per heavy atom. The van der Waals surface area contributed by atoms with Gasteiger partial charge in [-0.2, -0.15) is 0 Å². The number of carbonyl (C=O) groups is 1. The van der Waals surface area contributed by atoms with Gasteiger partial charge in [0, 0.05) is 41.9 Å². The first-order valence-electron chi connectivity index (χ1n) is 10.6. The first-order valence-corrected chi connectivity index (χ1v) is 10.6. The van der Waals surface area contributed by atoms with Gasteiger partial charge in [-0.25, -0.2) is 0 Å². The number of furan rings is 1. The Balaban J connectivity index is 1.53. The molecule has 5 nitrogen and oxygen atoms in total. The molecule has 5 heteroatoms. The Hall–Kier alpha value is -2.27. The highest BCUT2D eigenvalue weighted by Crippen LogP contribution is 2.46. The lowest BCUT2D eigenvalue weighted by atomic mass is 9.71. The predicted octanol–water partition coefficient (Wildman–Crippen LogP) is 3.84. The highest BCUT2D eigenvalue weighted by Gasteiger charge is 2.43. The van der Waals surface area contributed by atoms with Gasteiger partial charge in [-0.3, -0.25) is 4.79 Å². The molecule has 1 amide bonds. The topological polar surface area (TPSA) is 62.7 Å². The molecular formula is C23H29N3O2. The van der Waals surface area contributed by atoms with Gasteiger partial charge in [0.2, 0.25) is 0 Å². The third-order valence-electron chi connectivity index (χ3n) is 7.12. The van der Waals surface area contributed by atoms with Crippen molar-refractivity contribution in [3.63, 3.8) is 0 Å². The molecule has 0 unspecified atom stereocenters. The fourth-order valence-corrected chi connectivity index (χ4v) is 5.64. The summed E-state index contributed by atoms with van der Waals surface area (Å²) in [6, 6.07) is 11.0. The monoisotopic (exact) mass is 379 g/mol. The molecule has 4 aliphatic heterocycles. The lowest BCUT2D eigenvalue weighted by Gasteiger charge is -2.49. The molecule has 28 heavy (non-hydrogen) atoms. The molecule has 2 atom stereocenters. The quantitative estimate of drug-likeness (QED) is 0.877. The SMILES string of the molecule is C[C@H]1[C@@H](c2cc(-c3cccc(N4CCCC4)c3)oc2C(N)=O)C2CCN1CC2. The molecular weight excluding hydrogens is 350 g/mol. The molecule has 1 aromatic heterocycles. The number of benzene rings is 1. The van der Waals surface area contributed by atoms with Gasteiger partial charge in [0.1, 0.15) is 5.76 Å². The maximum atomic E-state index is 12.2. The fourth-order valence-electron chi connectivity index (χ4n) is 5.64. The van der Waals surface area contributed by atoms with Gasteiger partial charge in [-0.15, -0.1) is 0 Å². The van der Waals surface area contributed by atoms with Crippen molar-refractivity contribution in [3.8, 4) is 11.3 Å². The van der Waals surface area contributed by atoms with Gasteiger partial charge < -0.3 is 20.0 Å². The number of nitrogens with zero attached hydrogens (tertiary/aromatic N) is 2. The third kappa shape index (κ3) is 2.93. The van der Waals surface area contributed by atoms with Crippen LogP contribution in [0, 0.1) is 5.92 Å². The summed E-state index contributed by atoms with van der Waals surface area (Å²) in [6.45, 7) is 6.82. The van der Waals surface area contributed by atoms with Crippen molar-refractivity contribution in [2.75, 3.05) is 31.1 Å². The van der Waals surface area contributed by atoms with E-state index in [9.17, 15) is 4.79 Å². The van der Waals surface area contributed by atoms with Gasteiger partial charge in [-0.05, 0) is 69.8 Å². The summed E-state index contributed by atoms with van der Waals surface area (Å²) >= 11 is 0. The van der Waals surface area contributed by atoms with Crippen LogP contribution in [0.3, 0.4) is 0 Å². The van der Waals surface area contributed by atoms with Crippen molar-refractivity contribution in [3.05, 3.63) is 41.7 Å². The summed E-state index contributed by atoms with van der Waals surface area (Å²) in [5.41, 5.74) is 8.99. The minimum absolute atomic E-state index is 0.323. The molecule has 0 spiro atoms.